The van der Waals surface area contributed by atoms with Crippen LogP contribution in [0.1, 0.15) is 0 Å². The average molecular weight is 690 g/mol. The summed E-state index contributed by atoms with van der Waals surface area (Å²) in [6, 6.07) is 75.7. The van der Waals surface area contributed by atoms with E-state index in [-0.39, 0.29) is 0 Å². The summed E-state index contributed by atoms with van der Waals surface area (Å²) in [6.07, 6.45) is 0. The molecule has 10 aromatic rings. The SMILES string of the molecule is c1ccc(-c2ccc(-c3ccc(N(c4ccccc4)c4ccc(-c5cc6c7cc(-c8ccccc8)ccc7oc6c6ccccc56)cc4)cc3)cc2)cc1. The molecular formula is C52H35NO. The number of nitrogens with zero attached hydrogens (tertiary/aromatic N) is 1. The van der Waals surface area contributed by atoms with E-state index in [1.807, 2.05) is 0 Å². The van der Waals surface area contributed by atoms with Crippen molar-refractivity contribution in [1.82, 2.24) is 0 Å². The van der Waals surface area contributed by atoms with Crippen LogP contribution >= 0.6 is 0 Å². The molecule has 9 aromatic carbocycles. The minimum atomic E-state index is 0.899. The third-order valence-corrected chi connectivity index (χ3v) is 10.5. The number of benzene rings is 9. The van der Waals surface area contributed by atoms with Crippen LogP contribution in [0.25, 0.3) is 77.2 Å². The molecule has 0 saturated carbocycles. The number of hydrogen-bond acceptors (Lipinski definition) is 2. The van der Waals surface area contributed by atoms with Crippen LogP contribution < -0.4 is 4.90 Å². The first kappa shape index (κ1) is 31.6. The maximum Gasteiger partial charge on any atom is 0.143 e. The predicted molar refractivity (Wildman–Crippen MR) is 228 cm³/mol. The molecule has 0 atom stereocenters. The largest absolute Gasteiger partial charge is 0.455 e. The highest BCUT2D eigenvalue weighted by Crippen LogP contribution is 2.42. The quantitative estimate of drug-likeness (QED) is 0.166. The lowest BCUT2D eigenvalue weighted by Crippen LogP contribution is -2.09. The molecule has 1 heterocycles. The highest BCUT2D eigenvalue weighted by molar-refractivity contribution is 6.19. The van der Waals surface area contributed by atoms with Crippen LogP contribution in [-0.2, 0) is 0 Å². The Labute approximate surface area is 314 Å². The lowest BCUT2D eigenvalue weighted by atomic mass is 9.94. The van der Waals surface area contributed by atoms with Gasteiger partial charge < -0.3 is 9.32 Å². The fourth-order valence-corrected chi connectivity index (χ4v) is 7.75. The van der Waals surface area contributed by atoms with Crippen molar-refractivity contribution in [2.24, 2.45) is 0 Å². The Kier molecular flexibility index (Phi) is 7.85. The van der Waals surface area contributed by atoms with Gasteiger partial charge in [0.2, 0.25) is 0 Å². The van der Waals surface area contributed by atoms with Gasteiger partial charge in [-0.15, -0.1) is 0 Å². The lowest BCUT2D eigenvalue weighted by molar-refractivity contribution is 0.673. The minimum Gasteiger partial charge on any atom is -0.455 e. The standard InChI is InChI=1S/C52H35NO/c1-4-12-36(13-5-1)38-20-22-39(23-21-38)40-24-29-44(30-25-40)53(43-16-8-3-9-17-43)45-31-26-41(27-32-45)48-35-50-49-34-42(37-14-6-2-7-15-37)28-33-51(49)54-52(50)47-19-11-10-18-46(47)48/h1-35H. The zero-order valence-electron chi connectivity index (χ0n) is 29.6. The van der Waals surface area contributed by atoms with Crippen molar-refractivity contribution in [2.45, 2.75) is 0 Å². The van der Waals surface area contributed by atoms with Crippen molar-refractivity contribution >= 4 is 49.8 Å². The Balaban J connectivity index is 1.02. The van der Waals surface area contributed by atoms with E-state index in [1.165, 1.54) is 44.3 Å². The molecule has 0 spiro atoms. The first-order chi connectivity index (χ1) is 26.8. The Morgan fingerprint density at radius 1 is 0.278 bits per heavy atom. The smallest absolute Gasteiger partial charge is 0.143 e. The van der Waals surface area contributed by atoms with Crippen molar-refractivity contribution in [3.05, 3.63) is 212 Å². The number of anilines is 3. The molecule has 0 saturated heterocycles. The predicted octanol–water partition coefficient (Wildman–Crippen LogP) is 14.9. The molecule has 1 aromatic heterocycles. The van der Waals surface area contributed by atoms with Gasteiger partial charge in [-0.05, 0) is 104 Å². The second kappa shape index (κ2) is 13.4. The third kappa shape index (κ3) is 5.71. The molecule has 0 radical (unpaired) electrons. The molecular weight excluding hydrogens is 655 g/mol. The van der Waals surface area contributed by atoms with Crippen LogP contribution in [0.4, 0.5) is 17.1 Å². The molecule has 254 valence electrons. The van der Waals surface area contributed by atoms with Crippen LogP contribution in [0, 0.1) is 0 Å². The summed E-state index contributed by atoms with van der Waals surface area (Å²) >= 11 is 0. The zero-order valence-corrected chi connectivity index (χ0v) is 29.6. The van der Waals surface area contributed by atoms with Crippen molar-refractivity contribution in [3.8, 4) is 44.5 Å². The molecule has 0 aliphatic rings. The van der Waals surface area contributed by atoms with E-state index >= 15 is 0 Å². The molecule has 0 amide bonds. The number of fused-ring (bicyclic) bond motifs is 5. The third-order valence-electron chi connectivity index (χ3n) is 10.5. The molecule has 10 rings (SSSR count). The fourth-order valence-electron chi connectivity index (χ4n) is 7.75. The van der Waals surface area contributed by atoms with Crippen molar-refractivity contribution in [1.29, 1.82) is 0 Å². The minimum absolute atomic E-state index is 0.899. The number of furan rings is 1. The zero-order chi connectivity index (χ0) is 35.8. The molecule has 54 heavy (non-hydrogen) atoms. The molecule has 0 aliphatic carbocycles. The number of hydrogen-bond donors (Lipinski definition) is 0. The van der Waals surface area contributed by atoms with Crippen LogP contribution in [0.2, 0.25) is 0 Å². The van der Waals surface area contributed by atoms with E-state index in [2.05, 4.69) is 217 Å². The molecule has 0 unspecified atom stereocenters. The maximum atomic E-state index is 6.55. The Bertz CT molecular complexity index is 2880. The van der Waals surface area contributed by atoms with Crippen molar-refractivity contribution < 1.29 is 4.42 Å². The maximum absolute atomic E-state index is 6.55. The Morgan fingerprint density at radius 3 is 1.30 bits per heavy atom. The van der Waals surface area contributed by atoms with E-state index in [0.717, 1.165) is 50.0 Å². The van der Waals surface area contributed by atoms with E-state index in [1.54, 1.807) is 0 Å². The van der Waals surface area contributed by atoms with Gasteiger partial charge in [0, 0.05) is 33.2 Å². The van der Waals surface area contributed by atoms with Gasteiger partial charge in [-0.1, -0.05) is 158 Å². The van der Waals surface area contributed by atoms with Gasteiger partial charge in [0.05, 0.1) is 0 Å². The van der Waals surface area contributed by atoms with Crippen molar-refractivity contribution in [2.75, 3.05) is 4.90 Å². The average Bonchev–Trinajstić information content (AvgIpc) is 3.63. The summed E-state index contributed by atoms with van der Waals surface area (Å²) in [5.74, 6) is 0. The second-order valence-electron chi connectivity index (χ2n) is 13.7. The first-order valence-corrected chi connectivity index (χ1v) is 18.4. The molecule has 0 fully saturated rings. The van der Waals surface area contributed by atoms with Gasteiger partial charge >= 0.3 is 0 Å². The lowest BCUT2D eigenvalue weighted by Gasteiger charge is -2.26. The summed E-state index contributed by atoms with van der Waals surface area (Å²) in [7, 11) is 0. The first-order valence-electron chi connectivity index (χ1n) is 18.4. The summed E-state index contributed by atoms with van der Waals surface area (Å²) in [6.45, 7) is 0. The van der Waals surface area contributed by atoms with Gasteiger partial charge in [0.25, 0.3) is 0 Å². The highest BCUT2D eigenvalue weighted by Gasteiger charge is 2.17. The Morgan fingerprint density at radius 2 is 0.704 bits per heavy atom. The topological polar surface area (TPSA) is 16.4 Å². The Hall–Kier alpha value is -7.16. The molecule has 2 heteroatoms. The normalized spacial score (nSPS) is 11.3. The summed E-state index contributed by atoms with van der Waals surface area (Å²) in [5, 5.41) is 4.54. The van der Waals surface area contributed by atoms with Gasteiger partial charge in [-0.3, -0.25) is 0 Å². The van der Waals surface area contributed by atoms with E-state index in [0.29, 0.717) is 0 Å². The van der Waals surface area contributed by atoms with Crippen LogP contribution in [0.3, 0.4) is 0 Å². The van der Waals surface area contributed by atoms with Crippen LogP contribution in [-0.4, -0.2) is 0 Å². The number of para-hydroxylation sites is 1. The van der Waals surface area contributed by atoms with E-state index < -0.39 is 0 Å². The van der Waals surface area contributed by atoms with Gasteiger partial charge in [0.1, 0.15) is 11.2 Å². The fraction of sp³-hybridized carbons (Fsp3) is 0. The summed E-state index contributed by atoms with van der Waals surface area (Å²) < 4.78 is 6.55. The van der Waals surface area contributed by atoms with Gasteiger partial charge in [-0.25, -0.2) is 0 Å². The van der Waals surface area contributed by atoms with Crippen molar-refractivity contribution in [3.63, 3.8) is 0 Å². The molecule has 0 aliphatic heterocycles. The molecule has 2 nitrogen and oxygen atoms in total. The number of rotatable bonds is 7. The van der Waals surface area contributed by atoms with E-state index in [9.17, 15) is 0 Å². The van der Waals surface area contributed by atoms with Gasteiger partial charge in [-0.2, -0.15) is 0 Å². The van der Waals surface area contributed by atoms with E-state index in [4.69, 9.17) is 4.42 Å². The second-order valence-corrected chi connectivity index (χ2v) is 13.7. The van der Waals surface area contributed by atoms with Crippen LogP contribution in [0.15, 0.2) is 217 Å². The summed E-state index contributed by atoms with van der Waals surface area (Å²) in [4.78, 5) is 2.32. The highest BCUT2D eigenvalue weighted by atomic mass is 16.3. The van der Waals surface area contributed by atoms with Gasteiger partial charge in [0.15, 0.2) is 0 Å². The molecule has 0 N–H and O–H groups in total. The monoisotopic (exact) mass is 689 g/mol. The summed E-state index contributed by atoms with van der Waals surface area (Å²) in [5.41, 5.74) is 14.7. The van der Waals surface area contributed by atoms with Crippen LogP contribution in [0.5, 0.6) is 0 Å². The molecule has 0 bridgehead atoms.